The van der Waals surface area contributed by atoms with E-state index in [0.29, 0.717) is 5.90 Å². The average Bonchev–Trinajstić information content (AvgIpc) is 2.46. The van der Waals surface area contributed by atoms with E-state index < -0.39 is 6.04 Å². The van der Waals surface area contributed by atoms with Gasteiger partial charge in [-0.05, 0) is 6.92 Å². The molecule has 0 amide bonds. The Kier molecular flexibility index (Phi) is 3.95. The molecule has 1 heterocycles. The molecule has 0 saturated heterocycles. The molecule has 0 radical (unpaired) electrons. The number of methoxy groups -OCH3 is 1. The number of nitrogens with zero attached hydrogens (tertiary/aromatic N) is 1. The van der Waals surface area contributed by atoms with Crippen LogP contribution in [0.25, 0.3) is 0 Å². The highest BCUT2D eigenvalue weighted by atomic mass is 127. The van der Waals surface area contributed by atoms with Crippen molar-refractivity contribution in [1.82, 2.24) is 0 Å². The van der Waals surface area contributed by atoms with Crippen LogP contribution in [0.5, 0.6) is 0 Å². The number of esters is 1. The smallest absolute Gasteiger partial charge is 0.334 e. The number of alkyl halides is 1. The van der Waals surface area contributed by atoms with Gasteiger partial charge in [0.15, 0.2) is 11.9 Å². The molecule has 1 rings (SSSR count). The molecule has 0 N–H and O–H groups in total. The Morgan fingerprint density at radius 2 is 2.46 bits per heavy atom. The van der Waals surface area contributed by atoms with Gasteiger partial charge in [-0.15, -0.1) is 0 Å². The van der Waals surface area contributed by atoms with E-state index in [1.165, 1.54) is 7.11 Å². The van der Waals surface area contributed by atoms with Gasteiger partial charge in [-0.2, -0.15) is 0 Å². The lowest BCUT2D eigenvalue weighted by atomic mass is 10.2. The minimum absolute atomic E-state index is 0.189. The molecule has 74 valence electrons. The van der Waals surface area contributed by atoms with Crippen LogP contribution >= 0.6 is 22.6 Å². The van der Waals surface area contributed by atoms with Crippen molar-refractivity contribution < 1.29 is 14.3 Å². The normalized spacial score (nSPS) is 26.5. The summed E-state index contributed by atoms with van der Waals surface area (Å²) in [5.74, 6) is 0.341. The van der Waals surface area contributed by atoms with Crippen molar-refractivity contribution in [3.05, 3.63) is 0 Å². The third-order valence-electron chi connectivity index (χ3n) is 1.80. The number of hydrogen-bond donors (Lipinski definition) is 0. The zero-order chi connectivity index (χ0) is 9.84. The SMILES string of the molecule is COC(=O)C1N=C(CCI)OC1C. The maximum Gasteiger partial charge on any atom is 0.334 e. The largest absolute Gasteiger partial charge is 0.475 e. The lowest BCUT2D eigenvalue weighted by Crippen LogP contribution is -2.28. The van der Waals surface area contributed by atoms with E-state index >= 15 is 0 Å². The summed E-state index contributed by atoms with van der Waals surface area (Å²) >= 11 is 2.24. The van der Waals surface area contributed by atoms with E-state index in [9.17, 15) is 4.79 Å². The van der Waals surface area contributed by atoms with Gasteiger partial charge in [0.25, 0.3) is 0 Å². The van der Waals surface area contributed by atoms with Gasteiger partial charge in [-0.1, -0.05) is 22.6 Å². The molecule has 0 aromatic rings. The number of halogens is 1. The number of aliphatic imine (C=N–C) groups is 1. The van der Waals surface area contributed by atoms with Crippen LogP contribution in [0.2, 0.25) is 0 Å². The van der Waals surface area contributed by atoms with Crippen LogP contribution in [0, 0.1) is 0 Å². The summed E-state index contributed by atoms with van der Waals surface area (Å²) < 4.78 is 10.9. The van der Waals surface area contributed by atoms with E-state index in [0.717, 1.165) is 10.8 Å². The summed E-state index contributed by atoms with van der Waals surface area (Å²) in [4.78, 5) is 15.3. The molecule has 0 fully saturated rings. The third-order valence-corrected chi connectivity index (χ3v) is 2.34. The Morgan fingerprint density at radius 1 is 1.77 bits per heavy atom. The lowest BCUT2D eigenvalue weighted by Gasteiger charge is -2.09. The van der Waals surface area contributed by atoms with Crippen molar-refractivity contribution in [2.45, 2.75) is 25.5 Å². The Bertz CT molecular complexity index is 229. The summed E-state index contributed by atoms with van der Waals surface area (Å²) in [6.07, 6.45) is 0.587. The summed E-state index contributed by atoms with van der Waals surface area (Å²) in [6, 6.07) is -0.469. The molecule has 0 spiro atoms. The number of rotatable bonds is 3. The minimum atomic E-state index is -0.469. The van der Waals surface area contributed by atoms with Crippen LogP contribution in [0.1, 0.15) is 13.3 Å². The second kappa shape index (κ2) is 4.78. The van der Waals surface area contributed by atoms with Gasteiger partial charge >= 0.3 is 5.97 Å². The van der Waals surface area contributed by atoms with Crippen LogP contribution in [0.4, 0.5) is 0 Å². The fraction of sp³-hybridized carbons (Fsp3) is 0.750. The maximum atomic E-state index is 11.2. The summed E-state index contributed by atoms with van der Waals surface area (Å²) in [7, 11) is 1.36. The van der Waals surface area contributed by atoms with E-state index in [4.69, 9.17) is 4.74 Å². The number of hydrogen-bond acceptors (Lipinski definition) is 4. The van der Waals surface area contributed by atoms with Crippen molar-refractivity contribution in [1.29, 1.82) is 0 Å². The van der Waals surface area contributed by atoms with Crippen LogP contribution < -0.4 is 0 Å². The van der Waals surface area contributed by atoms with E-state index in [1.54, 1.807) is 0 Å². The molecule has 2 unspecified atom stereocenters. The molecule has 0 aromatic heterocycles. The van der Waals surface area contributed by atoms with Crippen LogP contribution in [-0.4, -0.2) is 35.6 Å². The Labute approximate surface area is 90.8 Å². The van der Waals surface area contributed by atoms with Crippen molar-refractivity contribution in [3.63, 3.8) is 0 Å². The van der Waals surface area contributed by atoms with Gasteiger partial charge in [-0.3, -0.25) is 0 Å². The quantitative estimate of drug-likeness (QED) is 0.446. The maximum absolute atomic E-state index is 11.2. The number of carbonyl (C=O) groups excluding carboxylic acids is 1. The predicted molar refractivity (Wildman–Crippen MR) is 57.3 cm³/mol. The van der Waals surface area contributed by atoms with Gasteiger partial charge < -0.3 is 9.47 Å². The Hall–Kier alpha value is -0.330. The summed E-state index contributed by atoms with van der Waals surface area (Å²) in [6.45, 7) is 1.82. The Balaban J connectivity index is 2.60. The zero-order valence-electron chi connectivity index (χ0n) is 7.62. The first-order valence-corrected chi connectivity index (χ1v) is 5.58. The predicted octanol–water partition coefficient (Wildman–Crippen LogP) is 1.17. The second-order valence-corrected chi connectivity index (χ2v) is 3.83. The molecule has 1 aliphatic rings. The van der Waals surface area contributed by atoms with Gasteiger partial charge in [0.1, 0.15) is 6.10 Å². The van der Waals surface area contributed by atoms with E-state index in [2.05, 4.69) is 32.3 Å². The van der Waals surface area contributed by atoms with E-state index in [-0.39, 0.29) is 12.1 Å². The van der Waals surface area contributed by atoms with Crippen LogP contribution in [0.15, 0.2) is 4.99 Å². The Morgan fingerprint density at radius 3 is 3.00 bits per heavy atom. The first-order chi connectivity index (χ1) is 6.19. The van der Waals surface area contributed by atoms with Gasteiger partial charge in [-0.25, -0.2) is 9.79 Å². The molecule has 0 aromatic carbocycles. The fourth-order valence-electron chi connectivity index (χ4n) is 1.14. The highest BCUT2D eigenvalue weighted by Gasteiger charge is 2.33. The number of carbonyl (C=O) groups is 1. The monoisotopic (exact) mass is 297 g/mol. The molecule has 0 saturated carbocycles. The summed E-state index contributed by atoms with van der Waals surface area (Å²) in [5.41, 5.74) is 0. The minimum Gasteiger partial charge on any atom is -0.475 e. The molecular formula is C8H12INO3. The first-order valence-electron chi connectivity index (χ1n) is 4.06. The number of ether oxygens (including phenoxy) is 2. The van der Waals surface area contributed by atoms with E-state index in [1.807, 2.05) is 6.92 Å². The topological polar surface area (TPSA) is 47.9 Å². The fourth-order valence-corrected chi connectivity index (χ4v) is 1.60. The zero-order valence-corrected chi connectivity index (χ0v) is 9.78. The first kappa shape index (κ1) is 10.7. The molecular weight excluding hydrogens is 285 g/mol. The van der Waals surface area contributed by atoms with Crippen molar-refractivity contribution in [2.75, 3.05) is 11.5 Å². The lowest BCUT2D eigenvalue weighted by molar-refractivity contribution is -0.143. The molecule has 4 nitrogen and oxygen atoms in total. The van der Waals surface area contributed by atoms with Gasteiger partial charge in [0.05, 0.1) is 7.11 Å². The third kappa shape index (κ3) is 2.55. The highest BCUT2D eigenvalue weighted by Crippen LogP contribution is 2.16. The van der Waals surface area contributed by atoms with Crippen molar-refractivity contribution in [3.8, 4) is 0 Å². The molecule has 1 aliphatic heterocycles. The molecule has 2 atom stereocenters. The van der Waals surface area contributed by atoms with Crippen molar-refractivity contribution in [2.24, 2.45) is 4.99 Å². The standard InChI is InChI=1S/C8H12INO3/c1-5-7(8(11)12-2)10-6(13-5)3-4-9/h5,7H,3-4H2,1-2H3. The summed E-state index contributed by atoms with van der Waals surface area (Å²) in [5, 5.41) is 0. The molecule has 0 aliphatic carbocycles. The second-order valence-electron chi connectivity index (χ2n) is 2.75. The van der Waals surface area contributed by atoms with Gasteiger partial charge in [0.2, 0.25) is 0 Å². The molecule has 5 heteroatoms. The highest BCUT2D eigenvalue weighted by molar-refractivity contribution is 14.1. The van der Waals surface area contributed by atoms with Crippen LogP contribution in [0.3, 0.4) is 0 Å². The average molecular weight is 297 g/mol. The molecule has 0 bridgehead atoms. The van der Waals surface area contributed by atoms with Crippen molar-refractivity contribution >= 4 is 34.5 Å². The molecule has 13 heavy (non-hydrogen) atoms. The van der Waals surface area contributed by atoms with Crippen LogP contribution in [-0.2, 0) is 14.3 Å². The van der Waals surface area contributed by atoms with Gasteiger partial charge in [0, 0.05) is 10.8 Å².